The van der Waals surface area contributed by atoms with Gasteiger partial charge in [-0.1, -0.05) is 146 Å². The molecule has 5 heterocycles. The molecular formula is C44H28Cl2N4Zr. The van der Waals surface area contributed by atoms with Crippen LogP contribution in [0.25, 0.3) is 90.9 Å². The summed E-state index contributed by atoms with van der Waals surface area (Å²) in [5, 5.41) is 0. The van der Waals surface area contributed by atoms with Gasteiger partial charge >= 0.3 is 37.9 Å². The Bertz CT molecular complexity index is 2210. The van der Waals surface area contributed by atoms with E-state index in [1.165, 1.54) is 0 Å². The molecule has 0 unspecified atom stereocenters. The quantitative estimate of drug-likeness (QED) is 0.179. The summed E-state index contributed by atoms with van der Waals surface area (Å²) in [6.07, 6.45) is 8.41. The average Bonchev–Trinajstić information content (AvgIpc) is 4.02. The predicted octanol–water partition coefficient (Wildman–Crippen LogP) is 12.0. The molecule has 3 aromatic heterocycles. The zero-order chi connectivity index (χ0) is 34.6. The van der Waals surface area contributed by atoms with E-state index in [-0.39, 0.29) is 0 Å². The topological polar surface area (TPSA) is 54.0 Å². The van der Waals surface area contributed by atoms with Gasteiger partial charge in [-0.2, -0.15) is 0 Å². The molecule has 0 saturated carbocycles. The Kier molecular flexibility index (Phi) is 9.77. The summed E-state index contributed by atoms with van der Waals surface area (Å²) < 4.78 is 0. The van der Waals surface area contributed by atoms with E-state index in [1.807, 2.05) is 24.3 Å². The van der Waals surface area contributed by atoms with Gasteiger partial charge in [-0.25, -0.2) is 9.97 Å². The number of nitrogens with zero attached hydrogens (tertiary/aromatic N) is 4. The Labute approximate surface area is 314 Å². The van der Waals surface area contributed by atoms with Crippen molar-refractivity contribution in [2.75, 3.05) is 0 Å². The first-order valence-corrected chi connectivity index (χ1v) is 22.8. The Morgan fingerprint density at radius 3 is 0.765 bits per heavy atom. The fourth-order valence-corrected chi connectivity index (χ4v) is 6.69. The van der Waals surface area contributed by atoms with Crippen molar-refractivity contribution in [1.29, 1.82) is 0 Å². The molecule has 2 aliphatic rings. The molecule has 0 radical (unpaired) electrons. The van der Waals surface area contributed by atoms with E-state index >= 15 is 0 Å². The molecule has 7 aromatic rings. The van der Waals surface area contributed by atoms with E-state index in [2.05, 4.69) is 146 Å². The van der Waals surface area contributed by atoms with Crippen LogP contribution in [0.3, 0.4) is 0 Å². The second kappa shape index (κ2) is 15.0. The summed E-state index contributed by atoms with van der Waals surface area (Å²) in [7, 11) is 9.87. The van der Waals surface area contributed by atoms with Crippen molar-refractivity contribution in [2.45, 2.75) is 0 Å². The third-order valence-corrected chi connectivity index (χ3v) is 8.86. The molecule has 0 spiro atoms. The molecule has 0 fully saturated rings. The van der Waals surface area contributed by atoms with Gasteiger partial charge in [-0.3, -0.25) is 0 Å². The van der Waals surface area contributed by atoms with Gasteiger partial charge in [-0.05, 0) is 68.8 Å². The van der Waals surface area contributed by atoms with E-state index in [1.54, 1.807) is 0 Å². The summed E-state index contributed by atoms with van der Waals surface area (Å²) >= 11 is -0.826. The molecule has 0 N–H and O–H groups in total. The van der Waals surface area contributed by atoms with Crippen molar-refractivity contribution in [3.63, 3.8) is 0 Å². The van der Waals surface area contributed by atoms with Crippen molar-refractivity contribution in [1.82, 2.24) is 19.9 Å². The number of benzene rings is 4. The van der Waals surface area contributed by atoms with Gasteiger partial charge in [0, 0.05) is 0 Å². The summed E-state index contributed by atoms with van der Waals surface area (Å²) in [6, 6.07) is 50.0. The first-order chi connectivity index (χ1) is 25.2. The van der Waals surface area contributed by atoms with Gasteiger partial charge in [0.05, 0.1) is 22.8 Å². The second-order valence-corrected chi connectivity index (χ2v) is 15.6. The first kappa shape index (κ1) is 33.1. The van der Waals surface area contributed by atoms with Gasteiger partial charge in [0.15, 0.2) is 0 Å². The standard InChI is InChI=1S/C44H28N4.2ClH.Zr/c1-5-13-29(14-6-1)41-33-21-23-35(45-33)42(30-15-7-2-8-16-30)37-25-27-39(47-37)44(32-19-11-4-12-20-32)40-28-26-38(48-40)43(31-17-9-3-10-18-31)36-24-22-34(41)46-36;;;/h1-28H;2*1H;/q-2;;;+4/p-2. The van der Waals surface area contributed by atoms with Crippen molar-refractivity contribution in [2.24, 2.45) is 0 Å². The van der Waals surface area contributed by atoms with E-state index in [4.69, 9.17) is 37.0 Å². The van der Waals surface area contributed by atoms with Crippen LogP contribution < -0.4 is 9.97 Å². The third-order valence-electron chi connectivity index (χ3n) is 8.86. The zero-order valence-corrected chi connectivity index (χ0v) is 31.2. The summed E-state index contributed by atoms with van der Waals surface area (Å²) in [5.41, 5.74) is 15.0. The van der Waals surface area contributed by atoms with E-state index in [0.717, 1.165) is 89.4 Å². The Hall–Kier alpha value is -5.06. The van der Waals surface area contributed by atoms with Crippen molar-refractivity contribution < 1.29 is 20.8 Å². The van der Waals surface area contributed by atoms with Crippen LogP contribution in [-0.2, 0) is 20.8 Å². The molecule has 0 amide bonds. The molecule has 9 rings (SSSR count). The van der Waals surface area contributed by atoms with Crippen LogP contribution in [0.5, 0.6) is 0 Å². The Balaban J connectivity index is 0.00000121. The molecule has 0 aliphatic carbocycles. The molecule has 7 heteroatoms. The molecular weight excluding hydrogens is 747 g/mol. The van der Waals surface area contributed by atoms with Gasteiger partial charge in [0.1, 0.15) is 0 Å². The zero-order valence-electron chi connectivity index (χ0n) is 27.2. The molecule has 0 saturated heterocycles. The summed E-state index contributed by atoms with van der Waals surface area (Å²) in [4.78, 5) is 21.2. The molecule has 4 aromatic carbocycles. The number of hydrogen-bond donors (Lipinski definition) is 0. The van der Waals surface area contributed by atoms with Crippen LogP contribution >= 0.6 is 17.0 Å². The Morgan fingerprint density at radius 2 is 0.549 bits per heavy atom. The maximum atomic E-state index is 5.31. The minimum atomic E-state index is -0.826. The van der Waals surface area contributed by atoms with E-state index in [9.17, 15) is 0 Å². The average molecular weight is 775 g/mol. The predicted molar refractivity (Wildman–Crippen MR) is 210 cm³/mol. The van der Waals surface area contributed by atoms with Crippen molar-refractivity contribution >= 4 is 63.4 Å². The number of fused-ring (bicyclic) bond motifs is 8. The summed E-state index contributed by atoms with van der Waals surface area (Å²) in [5.74, 6) is 0. The van der Waals surface area contributed by atoms with Crippen LogP contribution in [0, 0.1) is 0 Å². The van der Waals surface area contributed by atoms with Crippen molar-refractivity contribution in [3.05, 3.63) is 168 Å². The van der Waals surface area contributed by atoms with Gasteiger partial charge in [-0.15, -0.1) is 22.1 Å². The monoisotopic (exact) mass is 772 g/mol. The summed E-state index contributed by atoms with van der Waals surface area (Å²) in [6.45, 7) is 0. The molecule has 51 heavy (non-hydrogen) atoms. The van der Waals surface area contributed by atoms with Crippen molar-refractivity contribution in [3.8, 4) is 44.5 Å². The van der Waals surface area contributed by atoms with E-state index < -0.39 is 20.8 Å². The SMILES string of the molecule is C1=Cc2nc1c(-c1ccccc1)c1ccc([n-]1)c(-c1ccccc1)c1nc(c(-c3ccccc3)c3ccc([n-]3)c2-c2ccccc2)C=C1.[Cl][Zr+2][Cl]. The number of aromatic nitrogens is 4. The van der Waals surface area contributed by atoms with Gasteiger partial charge in [0.25, 0.3) is 0 Å². The van der Waals surface area contributed by atoms with Crippen LogP contribution in [0.15, 0.2) is 146 Å². The van der Waals surface area contributed by atoms with Gasteiger partial charge in [0.2, 0.25) is 0 Å². The number of rotatable bonds is 4. The molecule has 4 nitrogen and oxygen atoms in total. The molecule has 242 valence electrons. The molecule has 0 atom stereocenters. The van der Waals surface area contributed by atoms with Gasteiger partial charge < -0.3 is 9.97 Å². The fourth-order valence-electron chi connectivity index (χ4n) is 6.69. The van der Waals surface area contributed by atoms with Crippen LogP contribution in [0.4, 0.5) is 0 Å². The number of halogens is 2. The number of hydrogen-bond acceptors (Lipinski definition) is 2. The normalized spacial score (nSPS) is 11.5. The fraction of sp³-hybridized carbons (Fsp3) is 0. The molecule has 8 bridgehead atoms. The van der Waals surface area contributed by atoms with Crippen LogP contribution in [0.2, 0.25) is 0 Å². The first-order valence-electron chi connectivity index (χ1n) is 16.5. The molecule has 2 aliphatic heterocycles. The third kappa shape index (κ3) is 6.73. The second-order valence-electron chi connectivity index (χ2n) is 11.9. The Morgan fingerprint density at radius 1 is 0.333 bits per heavy atom. The van der Waals surface area contributed by atoms with Crippen LogP contribution in [0.1, 0.15) is 22.8 Å². The van der Waals surface area contributed by atoms with Crippen LogP contribution in [-0.4, -0.2) is 9.97 Å². The van der Waals surface area contributed by atoms with E-state index in [0.29, 0.717) is 0 Å². The minimum absolute atomic E-state index is 0.826. The maximum absolute atomic E-state index is 5.31.